The van der Waals surface area contributed by atoms with Gasteiger partial charge in [0, 0.05) is 18.2 Å². The van der Waals surface area contributed by atoms with E-state index in [1.807, 2.05) is 13.8 Å². The van der Waals surface area contributed by atoms with Crippen LogP contribution in [-0.2, 0) is 0 Å². The normalized spacial score (nSPS) is 11.3. The fraction of sp³-hybridized carbons (Fsp3) is 0.500. The SMILES string of the molecule is CCC(N)(CC)CNC(=O)c1cc(Cl)c(Cl)cc1OC. The van der Waals surface area contributed by atoms with Crippen LogP contribution in [0.2, 0.25) is 10.0 Å². The van der Waals surface area contributed by atoms with Gasteiger partial charge in [-0.15, -0.1) is 0 Å². The number of amides is 1. The van der Waals surface area contributed by atoms with E-state index < -0.39 is 5.54 Å². The van der Waals surface area contributed by atoms with Crippen LogP contribution in [0.5, 0.6) is 5.75 Å². The summed E-state index contributed by atoms with van der Waals surface area (Å²) < 4.78 is 5.15. The maximum atomic E-state index is 12.2. The van der Waals surface area contributed by atoms with Gasteiger partial charge in [-0.3, -0.25) is 4.79 Å². The largest absolute Gasteiger partial charge is 0.496 e. The smallest absolute Gasteiger partial charge is 0.255 e. The summed E-state index contributed by atoms with van der Waals surface area (Å²) in [6, 6.07) is 3.02. The fourth-order valence-electron chi connectivity index (χ4n) is 1.73. The van der Waals surface area contributed by atoms with Crippen molar-refractivity contribution in [3.8, 4) is 5.75 Å². The average molecular weight is 319 g/mol. The van der Waals surface area contributed by atoms with Crippen molar-refractivity contribution in [2.75, 3.05) is 13.7 Å². The minimum absolute atomic E-state index is 0.280. The van der Waals surface area contributed by atoms with E-state index in [0.29, 0.717) is 27.9 Å². The summed E-state index contributed by atoms with van der Waals surface area (Å²) in [5.74, 6) is 0.102. The van der Waals surface area contributed by atoms with E-state index in [4.69, 9.17) is 33.7 Å². The molecule has 0 heterocycles. The van der Waals surface area contributed by atoms with Crippen molar-refractivity contribution in [1.82, 2.24) is 5.32 Å². The maximum Gasteiger partial charge on any atom is 0.255 e. The molecule has 0 fully saturated rings. The van der Waals surface area contributed by atoms with E-state index in [-0.39, 0.29) is 5.91 Å². The van der Waals surface area contributed by atoms with Crippen LogP contribution in [0.4, 0.5) is 0 Å². The predicted octanol–water partition coefficient (Wildman–Crippen LogP) is 3.25. The molecular formula is C14H20Cl2N2O2. The second-order valence-corrected chi connectivity index (χ2v) is 5.53. The van der Waals surface area contributed by atoms with E-state index in [2.05, 4.69) is 5.32 Å². The Bertz CT molecular complexity index is 488. The van der Waals surface area contributed by atoms with Gasteiger partial charge in [0.2, 0.25) is 0 Å². The standard InChI is InChI=1S/C14H20Cl2N2O2/c1-4-14(17,5-2)8-18-13(19)9-6-10(15)11(16)7-12(9)20-3/h6-7H,4-5,8,17H2,1-3H3,(H,18,19). The molecule has 0 radical (unpaired) electrons. The summed E-state index contributed by atoms with van der Waals surface area (Å²) in [4.78, 5) is 12.2. The Morgan fingerprint density at radius 1 is 1.30 bits per heavy atom. The first-order valence-corrected chi connectivity index (χ1v) is 7.22. The monoisotopic (exact) mass is 318 g/mol. The van der Waals surface area contributed by atoms with E-state index in [1.165, 1.54) is 19.2 Å². The molecule has 1 amide bonds. The number of carbonyl (C=O) groups excluding carboxylic acids is 1. The van der Waals surface area contributed by atoms with Gasteiger partial charge in [0.1, 0.15) is 5.75 Å². The summed E-state index contributed by atoms with van der Waals surface area (Å²) >= 11 is 11.8. The number of halogens is 2. The molecule has 0 aromatic heterocycles. The number of nitrogens with two attached hydrogens (primary N) is 1. The van der Waals surface area contributed by atoms with E-state index in [0.717, 1.165) is 12.8 Å². The van der Waals surface area contributed by atoms with E-state index in [1.54, 1.807) is 0 Å². The Morgan fingerprint density at radius 3 is 2.35 bits per heavy atom. The minimum Gasteiger partial charge on any atom is -0.496 e. The first kappa shape index (κ1) is 17.1. The topological polar surface area (TPSA) is 64.3 Å². The summed E-state index contributed by atoms with van der Waals surface area (Å²) in [5.41, 5.74) is 6.09. The van der Waals surface area contributed by atoms with Crippen LogP contribution in [-0.4, -0.2) is 25.1 Å². The van der Waals surface area contributed by atoms with Gasteiger partial charge in [0.15, 0.2) is 0 Å². The lowest BCUT2D eigenvalue weighted by Gasteiger charge is -2.27. The zero-order valence-electron chi connectivity index (χ0n) is 11.9. The molecule has 0 aliphatic carbocycles. The van der Waals surface area contributed by atoms with Crippen LogP contribution in [0.25, 0.3) is 0 Å². The molecule has 0 aliphatic heterocycles. The molecule has 1 aromatic rings. The number of hydrogen-bond acceptors (Lipinski definition) is 3. The predicted molar refractivity (Wildman–Crippen MR) is 82.8 cm³/mol. The van der Waals surface area contributed by atoms with Crippen LogP contribution >= 0.6 is 23.2 Å². The molecule has 0 spiro atoms. The lowest BCUT2D eigenvalue weighted by molar-refractivity contribution is 0.0939. The number of rotatable bonds is 6. The van der Waals surface area contributed by atoms with Crippen LogP contribution in [0.1, 0.15) is 37.0 Å². The van der Waals surface area contributed by atoms with Gasteiger partial charge >= 0.3 is 0 Å². The molecule has 0 saturated heterocycles. The highest BCUT2D eigenvalue weighted by atomic mass is 35.5. The Balaban J connectivity index is 2.90. The quantitative estimate of drug-likeness (QED) is 0.846. The molecule has 0 bridgehead atoms. The Kier molecular flexibility index (Phi) is 6.11. The lowest BCUT2D eigenvalue weighted by atomic mass is 9.94. The molecule has 1 rings (SSSR count). The van der Waals surface area contributed by atoms with Crippen LogP contribution in [0.15, 0.2) is 12.1 Å². The van der Waals surface area contributed by atoms with Crippen molar-refractivity contribution in [2.45, 2.75) is 32.2 Å². The molecule has 1 aromatic carbocycles. The molecule has 3 N–H and O–H groups in total. The molecule has 0 aliphatic rings. The first-order chi connectivity index (χ1) is 9.36. The average Bonchev–Trinajstić information content (AvgIpc) is 2.46. The van der Waals surface area contributed by atoms with Crippen LogP contribution in [0, 0.1) is 0 Å². The highest BCUT2D eigenvalue weighted by Crippen LogP contribution is 2.30. The number of hydrogen-bond donors (Lipinski definition) is 2. The third kappa shape index (κ3) is 4.01. The Hall–Kier alpha value is -0.970. The molecule has 4 nitrogen and oxygen atoms in total. The fourth-order valence-corrected chi connectivity index (χ4v) is 2.04. The highest BCUT2D eigenvalue weighted by molar-refractivity contribution is 6.42. The Labute approximate surface area is 129 Å². The minimum atomic E-state index is -0.404. The first-order valence-electron chi connectivity index (χ1n) is 6.47. The number of methoxy groups -OCH3 is 1. The van der Waals surface area contributed by atoms with Gasteiger partial charge in [0.25, 0.3) is 5.91 Å². The van der Waals surface area contributed by atoms with Crippen molar-refractivity contribution >= 4 is 29.1 Å². The van der Waals surface area contributed by atoms with E-state index in [9.17, 15) is 4.79 Å². The molecule has 112 valence electrons. The van der Waals surface area contributed by atoms with E-state index >= 15 is 0 Å². The van der Waals surface area contributed by atoms with Crippen molar-refractivity contribution in [1.29, 1.82) is 0 Å². The number of ether oxygens (including phenoxy) is 1. The van der Waals surface area contributed by atoms with Gasteiger partial charge in [-0.05, 0) is 18.9 Å². The zero-order valence-corrected chi connectivity index (χ0v) is 13.4. The van der Waals surface area contributed by atoms with Crippen molar-refractivity contribution in [3.63, 3.8) is 0 Å². The van der Waals surface area contributed by atoms with Crippen molar-refractivity contribution in [3.05, 3.63) is 27.7 Å². The Morgan fingerprint density at radius 2 is 1.85 bits per heavy atom. The second-order valence-electron chi connectivity index (χ2n) is 4.72. The summed E-state index contributed by atoms with van der Waals surface area (Å²) in [5, 5.41) is 3.47. The third-order valence-corrected chi connectivity index (χ3v) is 4.22. The summed E-state index contributed by atoms with van der Waals surface area (Å²) in [6.07, 6.45) is 1.56. The van der Waals surface area contributed by atoms with Gasteiger partial charge in [-0.25, -0.2) is 0 Å². The van der Waals surface area contributed by atoms with Gasteiger partial charge in [-0.1, -0.05) is 37.0 Å². The molecule has 0 unspecified atom stereocenters. The summed E-state index contributed by atoms with van der Waals surface area (Å²) in [6.45, 7) is 4.38. The van der Waals surface area contributed by atoms with Crippen LogP contribution < -0.4 is 15.8 Å². The molecular weight excluding hydrogens is 299 g/mol. The maximum absolute atomic E-state index is 12.2. The molecule has 6 heteroatoms. The van der Waals surface area contributed by atoms with Crippen molar-refractivity contribution < 1.29 is 9.53 Å². The number of benzene rings is 1. The molecule has 0 saturated carbocycles. The summed E-state index contributed by atoms with van der Waals surface area (Å²) in [7, 11) is 1.47. The lowest BCUT2D eigenvalue weighted by Crippen LogP contribution is -2.49. The molecule has 0 atom stereocenters. The number of carbonyl (C=O) groups is 1. The second kappa shape index (κ2) is 7.16. The van der Waals surface area contributed by atoms with Crippen molar-refractivity contribution in [2.24, 2.45) is 5.73 Å². The van der Waals surface area contributed by atoms with Gasteiger partial charge < -0.3 is 15.8 Å². The van der Waals surface area contributed by atoms with Gasteiger partial charge in [0.05, 0.1) is 22.7 Å². The number of nitrogens with one attached hydrogen (secondary N) is 1. The third-order valence-electron chi connectivity index (χ3n) is 3.50. The zero-order chi connectivity index (χ0) is 15.3. The molecule has 20 heavy (non-hydrogen) atoms. The highest BCUT2D eigenvalue weighted by Gasteiger charge is 2.22. The van der Waals surface area contributed by atoms with Crippen LogP contribution in [0.3, 0.4) is 0 Å². The van der Waals surface area contributed by atoms with Gasteiger partial charge in [-0.2, -0.15) is 0 Å².